The lowest BCUT2D eigenvalue weighted by atomic mass is 9.87. The molecule has 1 atom stereocenters. The van der Waals surface area contributed by atoms with E-state index in [2.05, 4.69) is 10.6 Å². The molecule has 22 heavy (non-hydrogen) atoms. The molecule has 5 heteroatoms. The lowest BCUT2D eigenvalue weighted by Gasteiger charge is -2.26. The molecule has 3 N–H and O–H groups in total. The van der Waals surface area contributed by atoms with Gasteiger partial charge in [0.1, 0.15) is 0 Å². The summed E-state index contributed by atoms with van der Waals surface area (Å²) in [7, 11) is 0. The van der Waals surface area contributed by atoms with Gasteiger partial charge in [-0.1, -0.05) is 44.2 Å². The van der Waals surface area contributed by atoms with Crippen molar-refractivity contribution in [3.8, 4) is 0 Å². The number of benzene rings is 1. The van der Waals surface area contributed by atoms with Crippen LogP contribution < -0.4 is 10.6 Å². The number of carbonyl (C=O) groups is 2. The van der Waals surface area contributed by atoms with Crippen molar-refractivity contribution in [2.24, 2.45) is 5.41 Å². The summed E-state index contributed by atoms with van der Waals surface area (Å²) in [6.45, 7) is 6.12. The molecule has 0 aliphatic heterocycles. The first-order chi connectivity index (χ1) is 10.3. The van der Waals surface area contributed by atoms with E-state index < -0.39 is 6.10 Å². The minimum absolute atomic E-state index is 0.0313. The van der Waals surface area contributed by atoms with Crippen LogP contribution in [0.2, 0.25) is 0 Å². The van der Waals surface area contributed by atoms with Gasteiger partial charge in [0.05, 0.1) is 19.1 Å². The Kier molecular flexibility index (Phi) is 7.05. The number of amides is 2. The molecule has 0 heterocycles. The fourth-order valence-corrected chi connectivity index (χ4v) is 2.29. The van der Waals surface area contributed by atoms with Crippen LogP contribution in [0.1, 0.15) is 32.8 Å². The maximum Gasteiger partial charge on any atom is 0.239 e. The predicted octanol–water partition coefficient (Wildman–Crippen LogP) is 1.26. The molecular formula is C17H26N2O3. The van der Waals surface area contributed by atoms with Crippen LogP contribution in [0.25, 0.3) is 0 Å². The first-order valence-electron chi connectivity index (χ1n) is 7.54. The predicted molar refractivity (Wildman–Crippen MR) is 86.2 cm³/mol. The fraction of sp³-hybridized carbons (Fsp3) is 0.529. The SMILES string of the molecule is CC(O)CC(C)(C)CNC(=O)CNC(=O)Cc1ccccc1. The Morgan fingerprint density at radius 2 is 1.77 bits per heavy atom. The van der Waals surface area contributed by atoms with Gasteiger partial charge in [0.25, 0.3) is 0 Å². The van der Waals surface area contributed by atoms with Crippen molar-refractivity contribution in [1.29, 1.82) is 0 Å². The van der Waals surface area contributed by atoms with Crippen LogP contribution >= 0.6 is 0 Å². The van der Waals surface area contributed by atoms with E-state index in [0.717, 1.165) is 5.56 Å². The van der Waals surface area contributed by atoms with Crippen LogP contribution in [0.5, 0.6) is 0 Å². The van der Waals surface area contributed by atoms with Gasteiger partial charge in [0.15, 0.2) is 0 Å². The first-order valence-corrected chi connectivity index (χ1v) is 7.54. The number of rotatable bonds is 8. The summed E-state index contributed by atoms with van der Waals surface area (Å²) in [6.07, 6.45) is 0.465. The quantitative estimate of drug-likeness (QED) is 0.676. The number of hydrogen-bond acceptors (Lipinski definition) is 3. The molecule has 0 aromatic heterocycles. The highest BCUT2D eigenvalue weighted by molar-refractivity contribution is 5.85. The van der Waals surface area contributed by atoms with Gasteiger partial charge >= 0.3 is 0 Å². The second-order valence-electron chi connectivity index (χ2n) is 6.43. The van der Waals surface area contributed by atoms with E-state index in [-0.39, 0.29) is 30.2 Å². The van der Waals surface area contributed by atoms with Gasteiger partial charge < -0.3 is 15.7 Å². The van der Waals surface area contributed by atoms with Crippen LogP contribution in [0.3, 0.4) is 0 Å². The third-order valence-corrected chi connectivity index (χ3v) is 3.27. The molecule has 122 valence electrons. The topological polar surface area (TPSA) is 78.4 Å². The van der Waals surface area contributed by atoms with Gasteiger partial charge in [-0.2, -0.15) is 0 Å². The van der Waals surface area contributed by atoms with E-state index in [0.29, 0.717) is 13.0 Å². The molecule has 0 spiro atoms. The standard InChI is InChI=1S/C17H26N2O3/c1-13(20)10-17(2,3)12-19-16(22)11-18-15(21)9-14-7-5-4-6-8-14/h4-8,13,20H,9-12H2,1-3H3,(H,18,21)(H,19,22). The van der Waals surface area contributed by atoms with Crippen molar-refractivity contribution in [3.63, 3.8) is 0 Å². The minimum Gasteiger partial charge on any atom is -0.393 e. The number of aliphatic hydroxyl groups is 1. The van der Waals surface area contributed by atoms with Gasteiger partial charge in [-0.3, -0.25) is 9.59 Å². The molecule has 0 bridgehead atoms. The third-order valence-electron chi connectivity index (χ3n) is 3.27. The molecule has 0 aliphatic rings. The fourth-order valence-electron chi connectivity index (χ4n) is 2.29. The largest absolute Gasteiger partial charge is 0.393 e. The summed E-state index contributed by atoms with van der Waals surface area (Å²) in [5.74, 6) is -0.398. The summed E-state index contributed by atoms with van der Waals surface area (Å²) in [6, 6.07) is 9.39. The van der Waals surface area contributed by atoms with Crippen molar-refractivity contribution in [2.45, 2.75) is 39.7 Å². The van der Waals surface area contributed by atoms with Crippen LogP contribution in [0, 0.1) is 5.41 Å². The zero-order valence-corrected chi connectivity index (χ0v) is 13.6. The summed E-state index contributed by atoms with van der Waals surface area (Å²) < 4.78 is 0. The van der Waals surface area contributed by atoms with E-state index in [1.165, 1.54) is 0 Å². The summed E-state index contributed by atoms with van der Waals surface area (Å²) in [4.78, 5) is 23.5. The molecule has 0 saturated heterocycles. The Hall–Kier alpha value is -1.88. The van der Waals surface area contributed by atoms with E-state index in [1.807, 2.05) is 44.2 Å². The zero-order valence-electron chi connectivity index (χ0n) is 13.6. The monoisotopic (exact) mass is 306 g/mol. The zero-order chi connectivity index (χ0) is 16.6. The molecule has 0 saturated carbocycles. The molecular weight excluding hydrogens is 280 g/mol. The molecule has 1 aromatic carbocycles. The summed E-state index contributed by atoms with van der Waals surface area (Å²) in [5.41, 5.74) is 0.733. The van der Waals surface area contributed by atoms with E-state index in [9.17, 15) is 14.7 Å². The molecule has 0 radical (unpaired) electrons. The average molecular weight is 306 g/mol. The lowest BCUT2D eigenvalue weighted by molar-refractivity contribution is -0.126. The van der Waals surface area contributed by atoms with Crippen LogP contribution in [0.4, 0.5) is 0 Å². The van der Waals surface area contributed by atoms with E-state index >= 15 is 0 Å². The normalized spacial score (nSPS) is 12.5. The highest BCUT2D eigenvalue weighted by atomic mass is 16.3. The Bertz CT molecular complexity index is 484. The Labute approximate surface area is 132 Å². The second-order valence-corrected chi connectivity index (χ2v) is 6.43. The van der Waals surface area contributed by atoms with Gasteiger partial charge in [-0.05, 0) is 24.3 Å². The number of hydrogen-bond donors (Lipinski definition) is 3. The number of nitrogens with one attached hydrogen (secondary N) is 2. The molecule has 2 amide bonds. The van der Waals surface area contributed by atoms with E-state index in [1.54, 1.807) is 6.92 Å². The summed E-state index contributed by atoms with van der Waals surface area (Å²) >= 11 is 0. The smallest absolute Gasteiger partial charge is 0.239 e. The Balaban J connectivity index is 2.27. The first kappa shape index (κ1) is 18.2. The highest BCUT2D eigenvalue weighted by Crippen LogP contribution is 2.20. The molecule has 1 unspecified atom stereocenters. The average Bonchev–Trinajstić information content (AvgIpc) is 2.43. The Morgan fingerprint density at radius 3 is 2.36 bits per heavy atom. The van der Waals surface area contributed by atoms with Crippen molar-refractivity contribution in [1.82, 2.24) is 10.6 Å². The van der Waals surface area contributed by atoms with Gasteiger partial charge in [0, 0.05) is 6.54 Å². The van der Waals surface area contributed by atoms with Crippen molar-refractivity contribution >= 4 is 11.8 Å². The van der Waals surface area contributed by atoms with E-state index in [4.69, 9.17) is 0 Å². The summed E-state index contributed by atoms with van der Waals surface area (Å²) in [5, 5.41) is 14.8. The van der Waals surface area contributed by atoms with Gasteiger partial charge in [-0.15, -0.1) is 0 Å². The van der Waals surface area contributed by atoms with Crippen molar-refractivity contribution in [3.05, 3.63) is 35.9 Å². The number of aliphatic hydroxyl groups excluding tert-OH is 1. The molecule has 1 aromatic rings. The van der Waals surface area contributed by atoms with Crippen LogP contribution in [0.15, 0.2) is 30.3 Å². The van der Waals surface area contributed by atoms with Crippen LogP contribution in [-0.2, 0) is 16.0 Å². The van der Waals surface area contributed by atoms with Crippen molar-refractivity contribution in [2.75, 3.05) is 13.1 Å². The highest BCUT2D eigenvalue weighted by Gasteiger charge is 2.21. The molecule has 5 nitrogen and oxygen atoms in total. The van der Waals surface area contributed by atoms with Crippen molar-refractivity contribution < 1.29 is 14.7 Å². The van der Waals surface area contributed by atoms with Crippen LogP contribution in [-0.4, -0.2) is 36.1 Å². The number of carbonyl (C=O) groups excluding carboxylic acids is 2. The van der Waals surface area contributed by atoms with Gasteiger partial charge in [-0.25, -0.2) is 0 Å². The minimum atomic E-state index is -0.405. The lowest BCUT2D eigenvalue weighted by Crippen LogP contribution is -2.41. The maximum absolute atomic E-state index is 11.7. The second kappa shape index (κ2) is 8.54. The molecule has 0 fully saturated rings. The molecule has 1 rings (SSSR count). The maximum atomic E-state index is 11.7. The Morgan fingerprint density at radius 1 is 1.14 bits per heavy atom. The molecule has 0 aliphatic carbocycles. The van der Waals surface area contributed by atoms with Gasteiger partial charge in [0.2, 0.25) is 11.8 Å². The third kappa shape index (κ3) is 7.78.